The van der Waals surface area contributed by atoms with Gasteiger partial charge in [-0.3, -0.25) is 0 Å². The van der Waals surface area contributed by atoms with Gasteiger partial charge in [0, 0.05) is 0 Å². The normalized spacial score (nSPS) is 15.6. The summed E-state index contributed by atoms with van der Waals surface area (Å²) >= 11 is 0. The van der Waals surface area contributed by atoms with Crippen molar-refractivity contribution in [2.45, 2.75) is 18.7 Å². The van der Waals surface area contributed by atoms with Crippen LogP contribution in [-0.2, 0) is 5.60 Å². The first-order chi connectivity index (χ1) is 7.16. The van der Waals surface area contributed by atoms with Gasteiger partial charge in [0.15, 0.2) is 5.60 Å². The SMILES string of the molecule is CC(O)(c1ccc(C(=O)O)cc1)C(F)(F)F. The minimum absolute atomic E-state index is 0.137. The molecule has 0 amide bonds. The summed E-state index contributed by atoms with van der Waals surface area (Å²) in [6.07, 6.45) is -4.81. The molecule has 0 heterocycles. The number of alkyl halides is 3. The number of benzene rings is 1. The molecule has 1 aromatic rings. The number of carboxylic acid groups (broad SMARTS) is 1. The van der Waals surface area contributed by atoms with Crippen LogP contribution in [0.3, 0.4) is 0 Å². The van der Waals surface area contributed by atoms with Crippen molar-refractivity contribution in [3.63, 3.8) is 0 Å². The third-order valence-corrected chi connectivity index (χ3v) is 2.25. The maximum absolute atomic E-state index is 12.4. The average molecular weight is 234 g/mol. The standard InChI is InChI=1S/C10H9F3O3/c1-9(16,10(11,12)13)7-4-2-6(3-5-7)8(14)15/h2-5,16H,1H3,(H,14,15). The van der Waals surface area contributed by atoms with Gasteiger partial charge in [0.1, 0.15) is 0 Å². The van der Waals surface area contributed by atoms with Crippen LogP contribution < -0.4 is 0 Å². The van der Waals surface area contributed by atoms with E-state index in [1.54, 1.807) is 0 Å². The Balaban J connectivity index is 3.11. The molecule has 0 aliphatic heterocycles. The highest BCUT2D eigenvalue weighted by atomic mass is 19.4. The van der Waals surface area contributed by atoms with Crippen LogP contribution in [0.15, 0.2) is 24.3 Å². The molecule has 0 saturated carbocycles. The largest absolute Gasteiger partial charge is 0.478 e. The van der Waals surface area contributed by atoms with Gasteiger partial charge in [-0.1, -0.05) is 12.1 Å². The van der Waals surface area contributed by atoms with Crippen LogP contribution in [0.25, 0.3) is 0 Å². The minimum atomic E-state index is -4.81. The smallest absolute Gasteiger partial charge is 0.421 e. The molecule has 1 rings (SSSR count). The Morgan fingerprint density at radius 1 is 1.19 bits per heavy atom. The summed E-state index contributed by atoms with van der Waals surface area (Å²) in [6, 6.07) is 3.91. The summed E-state index contributed by atoms with van der Waals surface area (Å²) in [5.41, 5.74) is -3.52. The number of halogens is 3. The fourth-order valence-corrected chi connectivity index (χ4v) is 1.10. The van der Waals surface area contributed by atoms with Crippen LogP contribution in [0.5, 0.6) is 0 Å². The second-order valence-electron chi connectivity index (χ2n) is 3.45. The maximum Gasteiger partial charge on any atom is 0.421 e. The highest BCUT2D eigenvalue weighted by molar-refractivity contribution is 5.87. The molecule has 0 fully saturated rings. The van der Waals surface area contributed by atoms with Crippen LogP contribution in [0, 0.1) is 0 Å². The van der Waals surface area contributed by atoms with Crippen molar-refractivity contribution in [2.75, 3.05) is 0 Å². The molecule has 88 valence electrons. The Bertz CT molecular complexity index is 393. The van der Waals surface area contributed by atoms with Crippen LogP contribution in [-0.4, -0.2) is 22.4 Å². The lowest BCUT2D eigenvalue weighted by Crippen LogP contribution is -2.39. The molecular formula is C10H9F3O3. The van der Waals surface area contributed by atoms with Gasteiger partial charge in [0.2, 0.25) is 0 Å². The van der Waals surface area contributed by atoms with E-state index in [1.807, 2.05) is 0 Å². The molecule has 16 heavy (non-hydrogen) atoms. The predicted octanol–water partition coefficient (Wildman–Crippen LogP) is 2.15. The number of carboxylic acids is 1. The van der Waals surface area contributed by atoms with Gasteiger partial charge in [0.25, 0.3) is 0 Å². The summed E-state index contributed by atoms with van der Waals surface area (Å²) in [5, 5.41) is 17.8. The van der Waals surface area contributed by atoms with Gasteiger partial charge < -0.3 is 10.2 Å². The lowest BCUT2D eigenvalue weighted by molar-refractivity contribution is -0.258. The zero-order valence-electron chi connectivity index (χ0n) is 8.25. The number of carbonyl (C=O) groups is 1. The third kappa shape index (κ3) is 2.16. The molecule has 0 saturated heterocycles. The Hall–Kier alpha value is -1.56. The third-order valence-electron chi connectivity index (χ3n) is 2.25. The molecule has 0 radical (unpaired) electrons. The molecule has 0 aromatic heterocycles. The fourth-order valence-electron chi connectivity index (χ4n) is 1.10. The molecule has 1 aromatic carbocycles. The number of aliphatic hydroxyl groups is 1. The van der Waals surface area contributed by atoms with Crippen molar-refractivity contribution in [1.82, 2.24) is 0 Å². The first-order valence-electron chi connectivity index (χ1n) is 4.29. The number of hydrogen-bond acceptors (Lipinski definition) is 2. The summed E-state index contributed by atoms with van der Waals surface area (Å²) in [6.45, 7) is 0.614. The zero-order chi connectivity index (χ0) is 12.6. The summed E-state index contributed by atoms with van der Waals surface area (Å²) < 4.78 is 37.2. The van der Waals surface area contributed by atoms with Crippen LogP contribution >= 0.6 is 0 Å². The summed E-state index contributed by atoms with van der Waals surface area (Å²) in [4.78, 5) is 10.5. The molecule has 1 atom stereocenters. The van der Waals surface area contributed by atoms with E-state index in [0.717, 1.165) is 24.3 Å². The van der Waals surface area contributed by atoms with Gasteiger partial charge in [-0.2, -0.15) is 13.2 Å². The summed E-state index contributed by atoms with van der Waals surface area (Å²) in [5.74, 6) is -1.24. The molecule has 1 unspecified atom stereocenters. The van der Waals surface area contributed by atoms with E-state index in [0.29, 0.717) is 6.92 Å². The molecule has 0 aliphatic carbocycles. The van der Waals surface area contributed by atoms with E-state index >= 15 is 0 Å². The van der Waals surface area contributed by atoms with Crippen molar-refractivity contribution < 1.29 is 28.2 Å². The second kappa shape index (κ2) is 3.79. The molecule has 6 heteroatoms. The summed E-state index contributed by atoms with van der Waals surface area (Å²) in [7, 11) is 0. The number of rotatable bonds is 2. The van der Waals surface area contributed by atoms with Gasteiger partial charge >= 0.3 is 12.1 Å². The lowest BCUT2D eigenvalue weighted by Gasteiger charge is -2.26. The van der Waals surface area contributed by atoms with E-state index < -0.39 is 23.3 Å². The highest BCUT2D eigenvalue weighted by Crippen LogP contribution is 2.38. The molecule has 0 bridgehead atoms. The van der Waals surface area contributed by atoms with Gasteiger partial charge in [0.05, 0.1) is 5.56 Å². The molecule has 2 N–H and O–H groups in total. The molecule has 3 nitrogen and oxygen atoms in total. The van der Waals surface area contributed by atoms with Crippen molar-refractivity contribution in [1.29, 1.82) is 0 Å². The zero-order valence-corrected chi connectivity index (χ0v) is 8.25. The van der Waals surface area contributed by atoms with Crippen molar-refractivity contribution >= 4 is 5.97 Å². The Morgan fingerprint density at radius 3 is 1.94 bits per heavy atom. The van der Waals surface area contributed by atoms with Gasteiger partial charge in [-0.15, -0.1) is 0 Å². The molecule has 0 spiro atoms. The minimum Gasteiger partial charge on any atom is -0.478 e. The number of hydrogen-bond donors (Lipinski definition) is 2. The van der Waals surface area contributed by atoms with Crippen LogP contribution in [0.2, 0.25) is 0 Å². The Kier molecular flexibility index (Phi) is 2.96. The predicted molar refractivity (Wildman–Crippen MR) is 49.0 cm³/mol. The average Bonchev–Trinajstić information content (AvgIpc) is 2.16. The van der Waals surface area contributed by atoms with Crippen LogP contribution in [0.4, 0.5) is 13.2 Å². The van der Waals surface area contributed by atoms with Gasteiger partial charge in [-0.25, -0.2) is 4.79 Å². The van der Waals surface area contributed by atoms with E-state index in [9.17, 15) is 23.1 Å². The van der Waals surface area contributed by atoms with Gasteiger partial charge in [-0.05, 0) is 24.6 Å². The van der Waals surface area contributed by atoms with Crippen molar-refractivity contribution in [3.8, 4) is 0 Å². The monoisotopic (exact) mass is 234 g/mol. The van der Waals surface area contributed by atoms with Crippen molar-refractivity contribution in [2.24, 2.45) is 0 Å². The van der Waals surface area contributed by atoms with E-state index in [2.05, 4.69) is 0 Å². The Morgan fingerprint density at radius 2 is 1.62 bits per heavy atom. The quantitative estimate of drug-likeness (QED) is 0.824. The first-order valence-corrected chi connectivity index (χ1v) is 4.29. The van der Waals surface area contributed by atoms with E-state index in [4.69, 9.17) is 5.11 Å². The topological polar surface area (TPSA) is 57.5 Å². The van der Waals surface area contributed by atoms with E-state index in [-0.39, 0.29) is 5.56 Å². The fraction of sp³-hybridized carbons (Fsp3) is 0.300. The number of aromatic carboxylic acids is 1. The molecular weight excluding hydrogens is 225 g/mol. The second-order valence-corrected chi connectivity index (χ2v) is 3.45. The maximum atomic E-state index is 12.4. The first kappa shape index (κ1) is 12.5. The van der Waals surface area contributed by atoms with E-state index in [1.165, 1.54) is 0 Å². The lowest BCUT2D eigenvalue weighted by atomic mass is 9.94. The van der Waals surface area contributed by atoms with Crippen LogP contribution in [0.1, 0.15) is 22.8 Å². The Labute approximate surface area is 89.1 Å². The van der Waals surface area contributed by atoms with Crippen molar-refractivity contribution in [3.05, 3.63) is 35.4 Å². The molecule has 0 aliphatic rings. The highest BCUT2D eigenvalue weighted by Gasteiger charge is 2.51.